The molecular weight excluding hydrogens is 472 g/mol. The van der Waals surface area contributed by atoms with Crippen molar-refractivity contribution in [2.75, 3.05) is 10.6 Å². The van der Waals surface area contributed by atoms with Crippen LogP contribution in [-0.4, -0.2) is 28.7 Å². The molecule has 2 N–H and O–H groups in total. The van der Waals surface area contributed by atoms with E-state index in [1.807, 2.05) is 0 Å². The molecule has 2 aliphatic carbocycles. The van der Waals surface area contributed by atoms with E-state index >= 15 is 0 Å². The predicted molar refractivity (Wildman–Crippen MR) is 116 cm³/mol. The molecule has 0 unspecified atom stereocenters. The van der Waals surface area contributed by atoms with E-state index in [0.29, 0.717) is 22.0 Å². The monoisotopic (exact) mass is 488 g/mol. The van der Waals surface area contributed by atoms with E-state index in [-0.39, 0.29) is 46.5 Å². The van der Waals surface area contributed by atoms with E-state index in [0.717, 1.165) is 6.42 Å². The first-order chi connectivity index (χ1) is 14.4. The normalized spacial score (nSPS) is 30.8. The highest BCUT2D eigenvalue weighted by Gasteiger charge is 2.67. The second kappa shape index (κ2) is 7.39. The maximum absolute atomic E-state index is 12.9. The van der Waals surface area contributed by atoms with Crippen molar-refractivity contribution < 1.29 is 19.1 Å². The Morgan fingerprint density at radius 1 is 1.03 bits per heavy atom. The summed E-state index contributed by atoms with van der Waals surface area (Å²) in [5, 5.41) is 6.22. The van der Waals surface area contributed by atoms with Crippen molar-refractivity contribution in [1.29, 1.82) is 0 Å². The Morgan fingerprint density at radius 3 is 2.53 bits per heavy atom. The van der Waals surface area contributed by atoms with Gasteiger partial charge >= 0.3 is 5.97 Å². The SMILES string of the molecule is O=C(Nc1cccc(Cl)c1)c1ccc(NC(=O)[C@@H]2[C@H]3C[C@H]4[C@H](OC(=O)[C@@H]42)[C@@H]3Br)cc1. The molecule has 0 radical (unpaired) electrons. The average molecular weight is 490 g/mol. The van der Waals surface area contributed by atoms with Crippen LogP contribution in [0.25, 0.3) is 0 Å². The van der Waals surface area contributed by atoms with Gasteiger partial charge in [0.05, 0.1) is 16.7 Å². The Bertz CT molecular complexity index is 1040. The van der Waals surface area contributed by atoms with Crippen molar-refractivity contribution in [3.8, 4) is 0 Å². The Labute approximate surface area is 186 Å². The van der Waals surface area contributed by atoms with E-state index in [2.05, 4.69) is 26.6 Å². The lowest BCUT2D eigenvalue weighted by atomic mass is 9.79. The van der Waals surface area contributed by atoms with Crippen LogP contribution in [0.4, 0.5) is 11.4 Å². The molecule has 2 saturated carbocycles. The van der Waals surface area contributed by atoms with Gasteiger partial charge in [-0.15, -0.1) is 0 Å². The molecule has 6 atom stereocenters. The first-order valence-corrected chi connectivity index (χ1v) is 11.0. The first-order valence-electron chi connectivity index (χ1n) is 9.75. The van der Waals surface area contributed by atoms with Crippen molar-refractivity contribution in [2.24, 2.45) is 23.7 Å². The van der Waals surface area contributed by atoms with Gasteiger partial charge in [0.1, 0.15) is 6.10 Å². The lowest BCUT2D eigenvalue weighted by Gasteiger charge is -2.27. The van der Waals surface area contributed by atoms with Gasteiger partial charge in [-0.1, -0.05) is 33.6 Å². The second-order valence-corrected chi connectivity index (χ2v) is 9.49. The number of nitrogens with one attached hydrogen (secondary N) is 2. The average Bonchev–Trinajstić information content (AvgIpc) is 3.33. The third-order valence-corrected chi connectivity index (χ3v) is 7.76. The first kappa shape index (κ1) is 19.6. The second-order valence-electron chi connectivity index (χ2n) is 7.99. The van der Waals surface area contributed by atoms with Gasteiger partial charge in [0.25, 0.3) is 5.91 Å². The molecule has 0 spiro atoms. The summed E-state index contributed by atoms with van der Waals surface area (Å²) in [6, 6.07) is 13.5. The molecule has 2 aromatic carbocycles. The van der Waals surface area contributed by atoms with E-state index in [4.69, 9.17) is 16.3 Å². The molecule has 2 bridgehead atoms. The number of amides is 2. The lowest BCUT2D eigenvalue weighted by molar-refractivity contribution is -0.145. The number of ether oxygens (including phenoxy) is 1. The van der Waals surface area contributed by atoms with Crippen LogP contribution in [0.15, 0.2) is 48.5 Å². The zero-order valence-corrected chi connectivity index (χ0v) is 18.0. The van der Waals surface area contributed by atoms with Crippen molar-refractivity contribution in [1.82, 2.24) is 0 Å². The van der Waals surface area contributed by atoms with Crippen LogP contribution in [0.1, 0.15) is 16.8 Å². The number of alkyl halides is 1. The van der Waals surface area contributed by atoms with Crippen LogP contribution < -0.4 is 10.6 Å². The summed E-state index contributed by atoms with van der Waals surface area (Å²) in [6.45, 7) is 0. The molecule has 6 nitrogen and oxygen atoms in total. The minimum Gasteiger partial charge on any atom is -0.461 e. The highest BCUT2D eigenvalue weighted by atomic mass is 79.9. The molecule has 5 rings (SSSR count). The molecule has 1 saturated heterocycles. The number of anilines is 2. The van der Waals surface area contributed by atoms with Crippen LogP contribution in [-0.2, 0) is 14.3 Å². The van der Waals surface area contributed by atoms with Crippen LogP contribution in [0.2, 0.25) is 5.02 Å². The van der Waals surface area contributed by atoms with E-state index in [1.54, 1.807) is 48.5 Å². The zero-order chi connectivity index (χ0) is 21.0. The fraction of sp³-hybridized carbons (Fsp3) is 0.318. The zero-order valence-electron chi connectivity index (χ0n) is 15.7. The molecule has 154 valence electrons. The molecule has 8 heteroatoms. The minimum atomic E-state index is -0.392. The summed E-state index contributed by atoms with van der Waals surface area (Å²) < 4.78 is 5.46. The van der Waals surface area contributed by atoms with E-state index < -0.39 is 5.92 Å². The van der Waals surface area contributed by atoms with E-state index in [9.17, 15) is 14.4 Å². The van der Waals surface area contributed by atoms with Gasteiger partial charge in [-0.05, 0) is 54.8 Å². The summed E-state index contributed by atoms with van der Waals surface area (Å²) >= 11 is 9.56. The van der Waals surface area contributed by atoms with Crippen LogP contribution >= 0.6 is 27.5 Å². The molecule has 2 amide bonds. The quantitative estimate of drug-likeness (QED) is 0.500. The molecular formula is C22H18BrClN2O4. The van der Waals surface area contributed by atoms with Gasteiger partial charge in [-0.2, -0.15) is 0 Å². The van der Waals surface area contributed by atoms with Gasteiger partial charge < -0.3 is 15.4 Å². The summed E-state index contributed by atoms with van der Waals surface area (Å²) in [5.74, 6) is -1.23. The standard InChI is InChI=1S/C22H18BrClN2O4/c23-18-14-9-15-17(22(29)30-19(15)18)16(14)21(28)25-12-6-4-10(5-7-12)20(27)26-13-3-1-2-11(24)8-13/h1-8,14-19H,9H2,(H,25,28)(H,26,27)/t14-,15-,16-,17+,18-,19+/m1/s1. The van der Waals surface area contributed by atoms with Crippen molar-refractivity contribution in [3.05, 3.63) is 59.1 Å². The topological polar surface area (TPSA) is 84.5 Å². The molecule has 3 fully saturated rings. The van der Waals surface area contributed by atoms with Gasteiger partial charge in [0.2, 0.25) is 5.91 Å². The summed E-state index contributed by atoms with van der Waals surface area (Å²) in [4.78, 5) is 37.6. The van der Waals surface area contributed by atoms with Crippen molar-refractivity contribution >= 4 is 56.7 Å². The molecule has 0 aromatic heterocycles. The Kier molecular flexibility index (Phi) is 4.82. The molecule has 30 heavy (non-hydrogen) atoms. The number of rotatable bonds is 4. The van der Waals surface area contributed by atoms with Crippen LogP contribution in [0.3, 0.4) is 0 Å². The van der Waals surface area contributed by atoms with Crippen molar-refractivity contribution in [2.45, 2.75) is 17.4 Å². The maximum Gasteiger partial charge on any atom is 0.310 e. The maximum atomic E-state index is 12.9. The van der Waals surface area contributed by atoms with Crippen molar-refractivity contribution in [3.63, 3.8) is 0 Å². The van der Waals surface area contributed by atoms with E-state index in [1.165, 1.54) is 0 Å². The van der Waals surface area contributed by atoms with Gasteiger partial charge in [0.15, 0.2) is 0 Å². The number of benzene rings is 2. The van der Waals surface area contributed by atoms with Crippen LogP contribution in [0, 0.1) is 23.7 Å². The Balaban J connectivity index is 1.26. The molecule has 2 aromatic rings. The summed E-state index contributed by atoms with van der Waals surface area (Å²) in [6.07, 6.45) is 0.728. The van der Waals surface area contributed by atoms with Gasteiger partial charge in [0, 0.05) is 27.9 Å². The summed E-state index contributed by atoms with van der Waals surface area (Å²) in [5.41, 5.74) is 1.64. The minimum absolute atomic E-state index is 0.0264. The Morgan fingerprint density at radius 2 is 1.80 bits per heavy atom. The largest absolute Gasteiger partial charge is 0.461 e. The molecule has 3 aliphatic rings. The highest BCUT2D eigenvalue weighted by Crippen LogP contribution is 2.60. The number of carbonyl (C=O) groups excluding carboxylic acids is 3. The summed E-state index contributed by atoms with van der Waals surface area (Å²) in [7, 11) is 0. The lowest BCUT2D eigenvalue weighted by Crippen LogP contribution is -2.40. The fourth-order valence-corrected chi connectivity index (χ4v) is 6.27. The molecule has 1 aliphatic heterocycles. The Hall–Kier alpha value is -2.38. The third-order valence-electron chi connectivity index (χ3n) is 6.32. The highest BCUT2D eigenvalue weighted by molar-refractivity contribution is 9.09. The number of carbonyl (C=O) groups is 3. The number of hydrogen-bond donors (Lipinski definition) is 2. The number of hydrogen-bond acceptors (Lipinski definition) is 4. The number of halogens is 2. The predicted octanol–water partition coefficient (Wildman–Crippen LogP) is 4.10. The van der Waals surface area contributed by atoms with Gasteiger partial charge in [-0.3, -0.25) is 14.4 Å². The number of esters is 1. The van der Waals surface area contributed by atoms with Gasteiger partial charge in [-0.25, -0.2) is 0 Å². The number of fused-ring (bicyclic) bond motifs is 1. The molecule has 1 heterocycles. The smallest absolute Gasteiger partial charge is 0.310 e. The fourth-order valence-electron chi connectivity index (χ4n) is 5.03. The third kappa shape index (κ3) is 3.20. The van der Waals surface area contributed by atoms with Crippen LogP contribution in [0.5, 0.6) is 0 Å².